The van der Waals surface area contributed by atoms with Gasteiger partial charge in [0.2, 0.25) is 5.91 Å². The lowest BCUT2D eigenvalue weighted by molar-refractivity contribution is -0.127. The number of hydrogen-bond acceptors (Lipinski definition) is 6. The number of carbonyl (C=O) groups excluding carboxylic acids is 1. The van der Waals surface area contributed by atoms with Crippen molar-refractivity contribution in [1.29, 1.82) is 0 Å². The molecule has 0 unspecified atom stereocenters. The Morgan fingerprint density at radius 2 is 1.70 bits per heavy atom. The van der Waals surface area contributed by atoms with Crippen molar-refractivity contribution in [3.05, 3.63) is 41.5 Å². The van der Waals surface area contributed by atoms with Gasteiger partial charge < -0.3 is 16.4 Å². The Balaban J connectivity index is 1.89. The Morgan fingerprint density at radius 1 is 1.13 bits per heavy atom. The van der Waals surface area contributed by atoms with Crippen molar-refractivity contribution < 1.29 is 4.79 Å². The quantitative estimate of drug-likeness (QED) is 0.620. The van der Waals surface area contributed by atoms with Crippen LogP contribution in [0.15, 0.2) is 35.5 Å². The third-order valence-electron chi connectivity index (χ3n) is 3.35. The largest absolute Gasteiger partial charge is 0.383 e. The normalized spacial score (nSPS) is 10.5. The van der Waals surface area contributed by atoms with E-state index < -0.39 is 0 Å². The van der Waals surface area contributed by atoms with E-state index in [1.807, 2.05) is 0 Å². The van der Waals surface area contributed by atoms with Crippen molar-refractivity contribution in [3.8, 4) is 0 Å². The minimum atomic E-state index is -0.000774. The van der Waals surface area contributed by atoms with Gasteiger partial charge in [-0.05, 0) is 17.5 Å². The summed E-state index contributed by atoms with van der Waals surface area (Å²) in [5.74, 6) is 0.847. The lowest BCUT2D eigenvalue weighted by atomic mass is 10.1. The number of amides is 1. The van der Waals surface area contributed by atoms with Crippen molar-refractivity contribution >= 4 is 29.3 Å². The van der Waals surface area contributed by atoms with Crippen LogP contribution in [0, 0.1) is 0 Å². The smallest absolute Gasteiger partial charge is 0.233 e. The molecule has 122 valence electrons. The average Bonchev–Trinajstić information content (AvgIpc) is 2.52. The maximum atomic E-state index is 12.2. The zero-order valence-corrected chi connectivity index (χ0v) is 14.1. The van der Waals surface area contributed by atoms with Gasteiger partial charge in [0.05, 0.1) is 5.75 Å². The highest BCUT2D eigenvalue weighted by molar-refractivity contribution is 7.99. The third-order valence-corrected chi connectivity index (χ3v) is 4.18. The molecule has 0 aliphatic heterocycles. The monoisotopic (exact) mass is 331 g/mol. The van der Waals surface area contributed by atoms with Gasteiger partial charge in [-0.1, -0.05) is 43.0 Å². The number of thioether (sulfide) groups is 1. The van der Waals surface area contributed by atoms with Gasteiger partial charge in [0, 0.05) is 19.7 Å². The summed E-state index contributed by atoms with van der Waals surface area (Å²) in [6.45, 7) is 2.69. The van der Waals surface area contributed by atoms with E-state index in [1.54, 1.807) is 11.9 Å². The van der Waals surface area contributed by atoms with Crippen molar-refractivity contribution in [2.24, 2.45) is 0 Å². The molecule has 0 spiro atoms. The fraction of sp³-hybridized carbons (Fsp3) is 0.312. The molecule has 23 heavy (non-hydrogen) atoms. The predicted octanol–water partition coefficient (Wildman–Crippen LogP) is 1.95. The highest BCUT2D eigenvalue weighted by Gasteiger charge is 2.11. The van der Waals surface area contributed by atoms with E-state index in [1.165, 1.54) is 23.4 Å². The molecule has 0 saturated carbocycles. The van der Waals surface area contributed by atoms with Crippen LogP contribution < -0.4 is 11.5 Å². The maximum absolute atomic E-state index is 12.2. The van der Waals surface area contributed by atoms with Crippen LogP contribution in [0.2, 0.25) is 0 Å². The predicted molar refractivity (Wildman–Crippen MR) is 93.9 cm³/mol. The Morgan fingerprint density at radius 3 is 2.26 bits per heavy atom. The first kappa shape index (κ1) is 17.1. The van der Waals surface area contributed by atoms with Crippen LogP contribution in [0.4, 0.5) is 11.6 Å². The van der Waals surface area contributed by atoms with E-state index in [-0.39, 0.29) is 11.7 Å². The zero-order valence-electron chi connectivity index (χ0n) is 13.3. The number of aryl methyl sites for hydroxylation is 1. The molecule has 4 N–H and O–H groups in total. The fourth-order valence-electron chi connectivity index (χ4n) is 2.01. The van der Waals surface area contributed by atoms with Gasteiger partial charge in [-0.15, -0.1) is 0 Å². The number of rotatable bonds is 6. The minimum Gasteiger partial charge on any atom is -0.383 e. The number of benzene rings is 1. The first-order valence-electron chi connectivity index (χ1n) is 7.32. The molecule has 0 saturated heterocycles. The summed E-state index contributed by atoms with van der Waals surface area (Å²) in [6, 6.07) is 9.77. The van der Waals surface area contributed by atoms with Crippen molar-refractivity contribution in [1.82, 2.24) is 14.9 Å². The van der Waals surface area contributed by atoms with Gasteiger partial charge in [-0.3, -0.25) is 4.79 Å². The number of hydrogen-bond donors (Lipinski definition) is 2. The SMILES string of the molecule is CCc1ccc(CN(C)C(=O)CSc2nc(N)cc(N)n2)cc1. The van der Waals surface area contributed by atoms with E-state index in [0.717, 1.165) is 12.0 Å². The molecule has 0 atom stereocenters. The van der Waals surface area contributed by atoms with Gasteiger partial charge in [0.1, 0.15) is 11.6 Å². The second-order valence-electron chi connectivity index (χ2n) is 5.21. The standard InChI is InChI=1S/C16H21N5OS/c1-3-11-4-6-12(7-5-11)9-21(2)15(22)10-23-16-19-13(17)8-14(18)20-16/h4-8H,3,9-10H2,1-2H3,(H4,17,18,19,20). The summed E-state index contributed by atoms with van der Waals surface area (Å²) < 4.78 is 0. The fourth-order valence-corrected chi connectivity index (χ4v) is 2.82. The van der Waals surface area contributed by atoms with Crippen molar-refractivity contribution in [3.63, 3.8) is 0 Å². The van der Waals surface area contributed by atoms with Crippen LogP contribution in [0.3, 0.4) is 0 Å². The van der Waals surface area contributed by atoms with Crippen LogP contribution in [0.25, 0.3) is 0 Å². The summed E-state index contributed by atoms with van der Waals surface area (Å²) in [4.78, 5) is 22.0. The van der Waals surface area contributed by atoms with Gasteiger partial charge in [-0.2, -0.15) is 0 Å². The lowest BCUT2D eigenvalue weighted by Crippen LogP contribution is -2.27. The average molecular weight is 331 g/mol. The number of anilines is 2. The Kier molecular flexibility index (Phi) is 5.81. The van der Waals surface area contributed by atoms with Crippen molar-refractivity contribution in [2.75, 3.05) is 24.3 Å². The van der Waals surface area contributed by atoms with E-state index in [0.29, 0.717) is 23.3 Å². The molecule has 7 heteroatoms. The summed E-state index contributed by atoms with van der Waals surface area (Å²) >= 11 is 1.23. The maximum Gasteiger partial charge on any atom is 0.233 e. The topological polar surface area (TPSA) is 98.1 Å². The van der Waals surface area contributed by atoms with E-state index in [9.17, 15) is 4.79 Å². The molecule has 2 rings (SSSR count). The molecule has 2 aromatic rings. The Labute approximate surface area is 140 Å². The zero-order chi connectivity index (χ0) is 16.8. The van der Waals surface area contributed by atoms with Crippen LogP contribution in [0.5, 0.6) is 0 Å². The molecule has 0 fully saturated rings. The lowest BCUT2D eigenvalue weighted by Gasteiger charge is -2.17. The molecule has 0 aliphatic rings. The molecule has 0 aliphatic carbocycles. The van der Waals surface area contributed by atoms with Gasteiger partial charge in [-0.25, -0.2) is 9.97 Å². The van der Waals surface area contributed by atoms with E-state index in [2.05, 4.69) is 41.2 Å². The Hall–Kier alpha value is -2.28. The molecule has 1 heterocycles. The first-order valence-corrected chi connectivity index (χ1v) is 8.31. The van der Waals surface area contributed by atoms with Crippen LogP contribution >= 0.6 is 11.8 Å². The van der Waals surface area contributed by atoms with E-state index in [4.69, 9.17) is 11.5 Å². The summed E-state index contributed by atoms with van der Waals surface area (Å²) in [6.07, 6.45) is 1.01. The molecular formula is C16H21N5OS. The molecule has 0 radical (unpaired) electrons. The summed E-state index contributed by atoms with van der Waals surface area (Å²) in [5, 5.41) is 0.413. The molecule has 6 nitrogen and oxygen atoms in total. The van der Waals surface area contributed by atoms with Crippen LogP contribution in [0.1, 0.15) is 18.1 Å². The number of nitrogens with two attached hydrogens (primary N) is 2. The van der Waals surface area contributed by atoms with Crippen LogP contribution in [-0.2, 0) is 17.8 Å². The molecule has 1 amide bonds. The number of aromatic nitrogens is 2. The second kappa shape index (κ2) is 7.82. The highest BCUT2D eigenvalue weighted by atomic mass is 32.2. The molecular weight excluding hydrogens is 310 g/mol. The number of nitrogens with zero attached hydrogens (tertiary/aromatic N) is 3. The van der Waals surface area contributed by atoms with E-state index >= 15 is 0 Å². The molecule has 1 aromatic carbocycles. The van der Waals surface area contributed by atoms with Crippen molar-refractivity contribution in [2.45, 2.75) is 25.0 Å². The summed E-state index contributed by atoms with van der Waals surface area (Å²) in [7, 11) is 1.78. The second-order valence-corrected chi connectivity index (χ2v) is 6.15. The Bertz CT molecular complexity index is 654. The van der Waals surface area contributed by atoms with Gasteiger partial charge in [0.15, 0.2) is 5.16 Å². The summed E-state index contributed by atoms with van der Waals surface area (Å²) in [5.41, 5.74) is 13.6. The first-order chi connectivity index (χ1) is 11.0. The highest BCUT2D eigenvalue weighted by Crippen LogP contribution is 2.17. The van der Waals surface area contributed by atoms with Crippen LogP contribution in [-0.4, -0.2) is 33.6 Å². The molecule has 0 bridgehead atoms. The number of carbonyl (C=O) groups is 1. The molecule has 1 aromatic heterocycles. The van der Waals surface area contributed by atoms with Gasteiger partial charge in [0.25, 0.3) is 0 Å². The third kappa shape index (κ3) is 5.14. The van der Waals surface area contributed by atoms with Gasteiger partial charge >= 0.3 is 0 Å². The number of nitrogen functional groups attached to an aromatic ring is 2. The minimum absolute atomic E-state index is 0.000774.